The molecule has 0 amide bonds. The molecule has 1 aromatic heterocycles. The molecule has 6 nitrogen and oxygen atoms in total. The maximum absolute atomic E-state index is 12.1. The molecule has 19 heavy (non-hydrogen) atoms. The minimum atomic E-state index is -1.53. The fourth-order valence-electron chi connectivity index (χ4n) is 1.67. The summed E-state index contributed by atoms with van der Waals surface area (Å²) in [7, 11) is 0. The summed E-state index contributed by atoms with van der Waals surface area (Å²) in [6.07, 6.45) is 0. The number of para-hydroxylation sites is 1. The van der Waals surface area contributed by atoms with Crippen LogP contribution in [-0.4, -0.2) is 15.7 Å². The van der Waals surface area contributed by atoms with Crippen molar-refractivity contribution in [1.29, 1.82) is 5.26 Å². The summed E-state index contributed by atoms with van der Waals surface area (Å²) < 4.78 is 0.886. The smallest absolute Gasteiger partial charge is 0.289 e. The number of benzene rings is 1. The molecule has 0 aliphatic carbocycles. The zero-order chi connectivity index (χ0) is 14.0. The van der Waals surface area contributed by atoms with E-state index in [-0.39, 0.29) is 11.1 Å². The first kappa shape index (κ1) is 12.5. The monoisotopic (exact) mass is 254 g/mol. The molecule has 0 unspecified atom stereocenters. The van der Waals surface area contributed by atoms with Crippen molar-refractivity contribution >= 4 is 5.97 Å². The van der Waals surface area contributed by atoms with Gasteiger partial charge in [0.15, 0.2) is 0 Å². The Morgan fingerprint density at radius 2 is 2.00 bits per heavy atom. The summed E-state index contributed by atoms with van der Waals surface area (Å²) in [6.45, 7) is 1.35. The highest BCUT2D eigenvalue weighted by molar-refractivity contribution is 5.85. The van der Waals surface area contributed by atoms with Gasteiger partial charge in [0.05, 0.1) is 11.7 Å². The molecule has 0 saturated heterocycles. The molecule has 0 atom stereocenters. The quantitative estimate of drug-likeness (QED) is 0.737. The number of carbonyl (C=O) groups excluding carboxylic acids is 1. The van der Waals surface area contributed by atoms with Crippen molar-refractivity contribution in [3.63, 3.8) is 0 Å². The highest BCUT2D eigenvalue weighted by atomic mass is 16.4. The van der Waals surface area contributed by atoms with Crippen LogP contribution in [0.5, 0.6) is 0 Å². The maximum Gasteiger partial charge on any atom is 0.289 e. The fraction of sp³-hybridized carbons (Fsp3) is 0.0769. The molecular weight excluding hydrogens is 246 g/mol. The summed E-state index contributed by atoms with van der Waals surface area (Å²) in [4.78, 5) is 23.0. The molecule has 0 N–H and O–H groups in total. The fourth-order valence-corrected chi connectivity index (χ4v) is 1.67. The number of nitriles is 1. The van der Waals surface area contributed by atoms with E-state index in [9.17, 15) is 14.7 Å². The van der Waals surface area contributed by atoms with Crippen molar-refractivity contribution in [2.45, 2.75) is 6.92 Å². The highest BCUT2D eigenvalue weighted by Gasteiger charge is 2.15. The summed E-state index contributed by atoms with van der Waals surface area (Å²) in [5.41, 5.74) is -0.930. The number of aromatic nitrogens is 2. The SMILES string of the molecule is Cc1c(C(=O)[O-])nn(-c2ccccc2)c(=O)c1C#N. The van der Waals surface area contributed by atoms with Crippen LogP contribution in [0, 0.1) is 18.3 Å². The third kappa shape index (κ3) is 2.09. The van der Waals surface area contributed by atoms with E-state index in [0.717, 1.165) is 4.68 Å². The van der Waals surface area contributed by atoms with Gasteiger partial charge in [0.2, 0.25) is 0 Å². The number of aromatic carboxylic acids is 1. The molecule has 0 bridgehead atoms. The van der Waals surface area contributed by atoms with E-state index >= 15 is 0 Å². The normalized spacial score (nSPS) is 9.89. The molecule has 1 heterocycles. The molecule has 0 spiro atoms. The van der Waals surface area contributed by atoms with Crippen LogP contribution in [0.25, 0.3) is 5.69 Å². The van der Waals surface area contributed by atoms with Crippen LogP contribution in [0.2, 0.25) is 0 Å². The minimum Gasteiger partial charge on any atom is -0.543 e. The van der Waals surface area contributed by atoms with Crippen molar-refractivity contribution in [3.8, 4) is 11.8 Å². The van der Waals surface area contributed by atoms with Gasteiger partial charge in [-0.05, 0) is 19.1 Å². The average molecular weight is 254 g/mol. The summed E-state index contributed by atoms with van der Waals surface area (Å²) in [5.74, 6) is -1.53. The lowest BCUT2D eigenvalue weighted by Crippen LogP contribution is -2.32. The minimum absolute atomic E-state index is 0.0136. The lowest BCUT2D eigenvalue weighted by Gasteiger charge is -2.11. The Balaban J connectivity index is 2.84. The third-order valence-electron chi connectivity index (χ3n) is 2.64. The van der Waals surface area contributed by atoms with Crippen molar-refractivity contribution in [2.75, 3.05) is 0 Å². The van der Waals surface area contributed by atoms with Gasteiger partial charge in [-0.2, -0.15) is 15.0 Å². The van der Waals surface area contributed by atoms with E-state index in [1.807, 2.05) is 0 Å². The van der Waals surface area contributed by atoms with Crippen molar-refractivity contribution in [3.05, 3.63) is 57.5 Å². The molecule has 0 aliphatic heterocycles. The number of carbonyl (C=O) groups is 1. The lowest BCUT2D eigenvalue weighted by molar-refractivity contribution is -0.255. The van der Waals surface area contributed by atoms with Gasteiger partial charge in [0.25, 0.3) is 5.56 Å². The molecule has 0 aliphatic rings. The van der Waals surface area contributed by atoms with E-state index in [1.54, 1.807) is 36.4 Å². The first-order chi connectivity index (χ1) is 9.06. The lowest BCUT2D eigenvalue weighted by atomic mass is 10.1. The summed E-state index contributed by atoms with van der Waals surface area (Å²) in [5, 5.41) is 23.7. The largest absolute Gasteiger partial charge is 0.543 e. The van der Waals surface area contributed by atoms with Crippen LogP contribution in [0.1, 0.15) is 21.6 Å². The summed E-state index contributed by atoms with van der Waals surface area (Å²) >= 11 is 0. The van der Waals surface area contributed by atoms with Gasteiger partial charge in [-0.1, -0.05) is 18.2 Å². The highest BCUT2D eigenvalue weighted by Crippen LogP contribution is 2.09. The Morgan fingerprint density at radius 3 is 2.53 bits per heavy atom. The summed E-state index contributed by atoms with van der Waals surface area (Å²) in [6, 6.07) is 9.97. The molecule has 94 valence electrons. The number of hydrogen-bond donors (Lipinski definition) is 0. The standard InChI is InChI=1S/C13H9N3O3/c1-8-10(7-14)12(17)16(15-11(8)13(18)19)9-5-3-2-4-6-9/h2-6H,1H3,(H,18,19)/p-1. The maximum atomic E-state index is 12.1. The number of rotatable bonds is 2. The van der Waals surface area contributed by atoms with Gasteiger partial charge in [-0.15, -0.1) is 0 Å². The average Bonchev–Trinajstić information content (AvgIpc) is 2.40. The van der Waals surface area contributed by atoms with Crippen LogP contribution in [0.3, 0.4) is 0 Å². The van der Waals surface area contributed by atoms with E-state index < -0.39 is 17.2 Å². The van der Waals surface area contributed by atoms with Gasteiger partial charge in [-0.3, -0.25) is 4.79 Å². The predicted octanol–water partition coefficient (Wildman–Crippen LogP) is -0.224. The van der Waals surface area contributed by atoms with E-state index in [4.69, 9.17) is 5.26 Å². The van der Waals surface area contributed by atoms with Crippen molar-refractivity contribution in [1.82, 2.24) is 9.78 Å². The number of nitrogens with zero attached hydrogens (tertiary/aromatic N) is 3. The van der Waals surface area contributed by atoms with Crippen LogP contribution in [0.4, 0.5) is 0 Å². The Hall–Kier alpha value is -2.94. The van der Waals surface area contributed by atoms with E-state index in [2.05, 4.69) is 5.10 Å². The molecule has 1 aromatic carbocycles. The van der Waals surface area contributed by atoms with Gasteiger partial charge in [-0.25, -0.2) is 0 Å². The van der Waals surface area contributed by atoms with Gasteiger partial charge < -0.3 is 9.90 Å². The van der Waals surface area contributed by atoms with Crippen LogP contribution in [0.15, 0.2) is 35.1 Å². The van der Waals surface area contributed by atoms with Gasteiger partial charge in [0, 0.05) is 5.56 Å². The third-order valence-corrected chi connectivity index (χ3v) is 2.64. The Bertz CT molecular complexity index is 742. The van der Waals surface area contributed by atoms with Crippen LogP contribution < -0.4 is 10.7 Å². The predicted molar refractivity (Wildman–Crippen MR) is 63.6 cm³/mol. The van der Waals surface area contributed by atoms with Gasteiger partial charge >= 0.3 is 0 Å². The molecular formula is C13H8N3O3-. The zero-order valence-corrected chi connectivity index (χ0v) is 9.95. The van der Waals surface area contributed by atoms with Gasteiger partial charge in [0.1, 0.15) is 17.3 Å². The van der Waals surface area contributed by atoms with E-state index in [1.165, 1.54) is 6.92 Å². The topological polar surface area (TPSA) is 98.8 Å². The number of hydrogen-bond acceptors (Lipinski definition) is 5. The van der Waals surface area contributed by atoms with E-state index in [0.29, 0.717) is 5.69 Å². The molecule has 0 radical (unpaired) electrons. The molecule has 2 aromatic rings. The molecule has 2 rings (SSSR count). The van der Waals surface area contributed by atoms with Crippen LogP contribution in [-0.2, 0) is 0 Å². The first-order valence-corrected chi connectivity index (χ1v) is 5.37. The molecule has 6 heteroatoms. The first-order valence-electron chi connectivity index (χ1n) is 5.37. The second-order valence-electron chi connectivity index (χ2n) is 3.80. The second-order valence-corrected chi connectivity index (χ2v) is 3.80. The number of carboxylic acids is 1. The molecule has 0 saturated carbocycles. The zero-order valence-electron chi connectivity index (χ0n) is 9.95. The van der Waals surface area contributed by atoms with Crippen LogP contribution >= 0.6 is 0 Å². The molecule has 0 fully saturated rings. The second kappa shape index (κ2) is 4.74. The Labute approximate surface area is 108 Å². The Kier molecular flexibility index (Phi) is 3.12. The van der Waals surface area contributed by atoms with Crippen molar-refractivity contribution < 1.29 is 9.90 Å². The van der Waals surface area contributed by atoms with Crippen molar-refractivity contribution in [2.24, 2.45) is 0 Å². The Morgan fingerprint density at radius 1 is 1.37 bits per heavy atom. The number of carboxylic acid groups (broad SMARTS) is 1.